The Balaban J connectivity index is 0.000000202. The van der Waals surface area contributed by atoms with E-state index in [-0.39, 0.29) is 12.1 Å². The first-order chi connectivity index (χ1) is 32.0. The van der Waals surface area contributed by atoms with E-state index in [0.717, 1.165) is 109 Å². The maximum atomic E-state index is 13.9. The SMILES string of the molecule is COc1cc(C(F)(F)F)cc(C(F)(F)F)c1C(=O)NC(c1ccccc1)C1(N2CCCC2)CCC1.O=C(NC(c1ccccc1)C1(N2CCCC2)CCC1)c1ccc(C(F)(F)F)cc1C(F)(F)F. The first kappa shape index (κ1) is 50.6. The van der Waals surface area contributed by atoms with Crippen LogP contribution in [-0.2, 0) is 24.7 Å². The third-order valence-corrected chi connectivity index (χ3v) is 13.9. The number of carbonyl (C=O) groups is 2. The summed E-state index contributed by atoms with van der Waals surface area (Å²) >= 11 is 0. The predicted octanol–water partition coefficient (Wildman–Crippen LogP) is 12.4. The van der Waals surface area contributed by atoms with Crippen molar-refractivity contribution in [3.63, 3.8) is 0 Å². The first-order valence-corrected chi connectivity index (χ1v) is 22.4. The summed E-state index contributed by atoms with van der Waals surface area (Å²) in [7, 11) is 0.943. The zero-order chi connectivity index (χ0) is 49.3. The van der Waals surface area contributed by atoms with E-state index < -0.39 is 98.8 Å². The van der Waals surface area contributed by atoms with Crippen LogP contribution in [0.3, 0.4) is 0 Å². The van der Waals surface area contributed by atoms with Gasteiger partial charge in [0, 0.05) is 11.1 Å². The standard InChI is InChI=1S/C25H26F6N2O2.C24H24F6N2O/c1-35-19-15-17(24(26,27)28)14-18(25(29,30)31)20(19)22(34)32-21(16-8-3-2-4-9-16)23(10-7-11-23)33-12-5-6-13-33;25-23(26,27)17-9-10-18(19(15-17)24(28,29)30)21(33)31-20(16-7-2-1-3-8-16)22(11-6-12-22)32-13-4-5-14-32/h2-4,8-9,14-15,21H,5-7,10-13H2,1H3,(H,32,34);1-3,7-10,15,20H,4-6,11-14H2,(H,31,33). The van der Waals surface area contributed by atoms with Gasteiger partial charge in [-0.3, -0.25) is 19.4 Å². The molecule has 0 spiro atoms. The minimum Gasteiger partial charge on any atom is -0.496 e. The van der Waals surface area contributed by atoms with Crippen LogP contribution in [0.25, 0.3) is 0 Å². The van der Waals surface area contributed by atoms with Crippen LogP contribution in [0.15, 0.2) is 91.0 Å². The molecule has 19 heteroatoms. The van der Waals surface area contributed by atoms with Crippen LogP contribution in [-0.4, -0.2) is 66.0 Å². The van der Waals surface area contributed by atoms with Gasteiger partial charge in [-0.05, 0) is 132 Å². The molecule has 68 heavy (non-hydrogen) atoms. The molecule has 4 aliphatic rings. The highest BCUT2D eigenvalue weighted by Gasteiger charge is 2.53. The quantitative estimate of drug-likeness (QED) is 0.147. The molecule has 0 bridgehead atoms. The molecule has 368 valence electrons. The fraction of sp³-hybridized carbons (Fsp3) is 0.469. The van der Waals surface area contributed by atoms with Crippen molar-refractivity contribution in [3.05, 3.63) is 136 Å². The molecule has 4 aromatic rings. The van der Waals surface area contributed by atoms with Crippen molar-refractivity contribution >= 4 is 11.8 Å². The van der Waals surface area contributed by atoms with Crippen molar-refractivity contribution in [3.8, 4) is 5.75 Å². The number of nitrogens with zero attached hydrogens (tertiary/aromatic N) is 2. The number of alkyl halides is 12. The predicted molar refractivity (Wildman–Crippen MR) is 228 cm³/mol. The van der Waals surface area contributed by atoms with Crippen LogP contribution in [0.4, 0.5) is 52.7 Å². The number of methoxy groups -OCH3 is 1. The average molecular weight is 971 g/mol. The van der Waals surface area contributed by atoms with Crippen LogP contribution in [0, 0.1) is 0 Å². The molecule has 0 radical (unpaired) electrons. The molecule has 4 fully saturated rings. The average Bonchev–Trinajstić information content (AvgIpc) is 4.00. The van der Waals surface area contributed by atoms with Crippen LogP contribution < -0.4 is 15.4 Å². The molecule has 2 N–H and O–H groups in total. The van der Waals surface area contributed by atoms with Crippen molar-refractivity contribution in [2.45, 2.75) is 112 Å². The zero-order valence-corrected chi connectivity index (χ0v) is 36.9. The zero-order valence-electron chi connectivity index (χ0n) is 36.9. The van der Waals surface area contributed by atoms with Gasteiger partial charge < -0.3 is 15.4 Å². The Labute approximate surface area is 385 Å². The fourth-order valence-electron chi connectivity index (χ4n) is 10.3. The lowest BCUT2D eigenvalue weighted by Gasteiger charge is -2.54. The van der Waals surface area contributed by atoms with E-state index in [4.69, 9.17) is 4.74 Å². The van der Waals surface area contributed by atoms with E-state index >= 15 is 0 Å². The Kier molecular flexibility index (Phi) is 14.6. The largest absolute Gasteiger partial charge is 0.496 e. The van der Waals surface area contributed by atoms with Gasteiger partial charge in [-0.2, -0.15) is 52.7 Å². The van der Waals surface area contributed by atoms with Gasteiger partial charge in [-0.15, -0.1) is 0 Å². The number of carbonyl (C=O) groups excluding carboxylic acids is 2. The fourth-order valence-corrected chi connectivity index (χ4v) is 10.3. The van der Waals surface area contributed by atoms with Gasteiger partial charge in [-0.1, -0.05) is 60.7 Å². The van der Waals surface area contributed by atoms with E-state index in [2.05, 4.69) is 20.4 Å². The van der Waals surface area contributed by atoms with E-state index in [1.165, 1.54) is 0 Å². The molecule has 2 aliphatic heterocycles. The van der Waals surface area contributed by atoms with E-state index in [1.54, 1.807) is 42.5 Å². The lowest BCUT2D eigenvalue weighted by Crippen LogP contribution is -2.60. The second-order valence-corrected chi connectivity index (χ2v) is 17.8. The molecule has 2 heterocycles. The molecule has 4 aromatic carbocycles. The van der Waals surface area contributed by atoms with Gasteiger partial charge in [0.1, 0.15) is 5.75 Å². The first-order valence-electron chi connectivity index (χ1n) is 22.4. The van der Waals surface area contributed by atoms with Crippen molar-refractivity contribution in [2.75, 3.05) is 33.3 Å². The van der Waals surface area contributed by atoms with Crippen LogP contribution in [0.1, 0.15) is 130 Å². The Morgan fingerprint density at radius 1 is 0.515 bits per heavy atom. The van der Waals surface area contributed by atoms with Gasteiger partial charge in [0.25, 0.3) is 11.8 Å². The monoisotopic (exact) mass is 970 g/mol. The number of nitrogens with one attached hydrogen (secondary N) is 2. The number of benzene rings is 4. The maximum absolute atomic E-state index is 13.9. The highest BCUT2D eigenvalue weighted by Crippen LogP contribution is 2.51. The lowest BCUT2D eigenvalue weighted by atomic mass is 9.68. The van der Waals surface area contributed by atoms with Crippen LogP contribution in [0.2, 0.25) is 0 Å². The summed E-state index contributed by atoms with van der Waals surface area (Å²) in [6.45, 7) is 3.31. The van der Waals surface area contributed by atoms with Gasteiger partial charge in [0.05, 0.1) is 52.6 Å². The smallest absolute Gasteiger partial charge is 0.417 e. The van der Waals surface area contributed by atoms with Gasteiger partial charge in [0.2, 0.25) is 0 Å². The number of ether oxygens (including phenoxy) is 1. The number of halogens is 12. The molecular weight excluding hydrogens is 921 g/mol. The number of likely N-dealkylation sites (tertiary alicyclic amines) is 2. The molecule has 2 atom stereocenters. The summed E-state index contributed by atoms with van der Waals surface area (Å²) in [6.07, 6.45) is -11.4. The Morgan fingerprint density at radius 3 is 1.29 bits per heavy atom. The summed E-state index contributed by atoms with van der Waals surface area (Å²) in [5, 5.41) is 5.55. The normalized spacial score (nSPS) is 19.4. The van der Waals surface area contributed by atoms with Crippen molar-refractivity contribution in [1.82, 2.24) is 20.4 Å². The molecule has 0 aromatic heterocycles. The molecule has 7 nitrogen and oxygen atoms in total. The summed E-state index contributed by atoms with van der Waals surface area (Å²) in [5.41, 5.74) is -7.42. The minimum absolute atomic E-state index is 0.00597. The van der Waals surface area contributed by atoms with E-state index in [9.17, 15) is 62.3 Å². The summed E-state index contributed by atoms with van der Waals surface area (Å²) in [6, 6.07) is 18.3. The van der Waals surface area contributed by atoms with E-state index in [1.807, 2.05) is 18.2 Å². The van der Waals surface area contributed by atoms with Crippen LogP contribution >= 0.6 is 0 Å². The number of amides is 2. The second-order valence-electron chi connectivity index (χ2n) is 17.8. The van der Waals surface area contributed by atoms with Crippen molar-refractivity contribution in [2.24, 2.45) is 0 Å². The maximum Gasteiger partial charge on any atom is 0.417 e. The third-order valence-electron chi connectivity index (χ3n) is 13.9. The van der Waals surface area contributed by atoms with Crippen molar-refractivity contribution < 1.29 is 67.0 Å². The highest BCUT2D eigenvalue weighted by atomic mass is 19.4. The Hall–Kier alpha value is -5.30. The highest BCUT2D eigenvalue weighted by molar-refractivity contribution is 5.99. The Morgan fingerprint density at radius 2 is 0.926 bits per heavy atom. The topological polar surface area (TPSA) is 73.9 Å². The summed E-state index contributed by atoms with van der Waals surface area (Å²) in [4.78, 5) is 31.2. The summed E-state index contributed by atoms with van der Waals surface area (Å²) < 4.78 is 166. The molecule has 8 rings (SSSR count). The number of hydrogen-bond acceptors (Lipinski definition) is 5. The molecule has 2 aliphatic carbocycles. The van der Waals surface area contributed by atoms with Crippen molar-refractivity contribution in [1.29, 1.82) is 0 Å². The lowest BCUT2D eigenvalue weighted by molar-refractivity contribution is -0.145. The van der Waals surface area contributed by atoms with Gasteiger partial charge in [-0.25, -0.2) is 0 Å². The minimum atomic E-state index is -5.20. The van der Waals surface area contributed by atoms with Crippen LogP contribution in [0.5, 0.6) is 5.75 Å². The third kappa shape index (κ3) is 10.5. The second kappa shape index (κ2) is 19.6. The Bertz CT molecular complexity index is 2380. The summed E-state index contributed by atoms with van der Waals surface area (Å²) in [5.74, 6) is -2.93. The molecule has 2 saturated heterocycles. The van der Waals surface area contributed by atoms with E-state index in [0.29, 0.717) is 18.2 Å². The number of hydrogen-bond donors (Lipinski definition) is 2. The molecule has 2 amide bonds. The number of rotatable bonds is 11. The van der Waals surface area contributed by atoms with Gasteiger partial charge in [0.15, 0.2) is 0 Å². The molecule has 2 unspecified atom stereocenters. The molecular formula is C49H50F12N4O3. The van der Waals surface area contributed by atoms with Gasteiger partial charge >= 0.3 is 24.7 Å². The molecule has 2 saturated carbocycles.